The van der Waals surface area contributed by atoms with Gasteiger partial charge in [-0.1, -0.05) is 64.5 Å². The third-order valence-electron chi connectivity index (χ3n) is 3.83. The van der Waals surface area contributed by atoms with Gasteiger partial charge in [0.05, 0.1) is 6.42 Å². The van der Waals surface area contributed by atoms with E-state index in [1.807, 2.05) is 42.5 Å². The third kappa shape index (κ3) is 4.36. The minimum Gasteiger partial charge on any atom is -0.383 e. The molecule has 3 aromatic carbocycles. The quantitative estimate of drug-likeness (QED) is 0.621. The average Bonchev–Trinajstić information content (AvgIpc) is 2.61. The van der Waals surface area contributed by atoms with Crippen LogP contribution in [-0.4, -0.2) is 19.0 Å². The van der Waals surface area contributed by atoms with Crippen LogP contribution in [0.3, 0.4) is 0 Å². The molecule has 122 valence electrons. The summed E-state index contributed by atoms with van der Waals surface area (Å²) >= 11 is 3.39. The molecule has 0 atom stereocenters. The van der Waals surface area contributed by atoms with Crippen molar-refractivity contribution in [2.24, 2.45) is 0 Å². The largest absolute Gasteiger partial charge is 0.383 e. The molecule has 0 aliphatic carbocycles. The van der Waals surface area contributed by atoms with E-state index in [0.29, 0.717) is 19.5 Å². The van der Waals surface area contributed by atoms with Crippen LogP contribution in [0, 0.1) is 0 Å². The zero-order valence-electron chi connectivity index (χ0n) is 13.3. The Bertz CT molecular complexity index is 825. The topological polar surface area (TPSA) is 41.1 Å². The van der Waals surface area contributed by atoms with Crippen LogP contribution in [0.5, 0.6) is 0 Å². The van der Waals surface area contributed by atoms with Crippen molar-refractivity contribution in [3.63, 3.8) is 0 Å². The van der Waals surface area contributed by atoms with E-state index in [1.54, 1.807) is 0 Å². The zero-order valence-corrected chi connectivity index (χ0v) is 14.8. The fourth-order valence-electron chi connectivity index (χ4n) is 2.63. The minimum absolute atomic E-state index is 0.0389. The van der Waals surface area contributed by atoms with E-state index < -0.39 is 0 Å². The number of carbonyl (C=O) groups is 1. The van der Waals surface area contributed by atoms with Gasteiger partial charge in [-0.3, -0.25) is 4.79 Å². The van der Waals surface area contributed by atoms with Crippen molar-refractivity contribution in [3.05, 3.63) is 76.8 Å². The van der Waals surface area contributed by atoms with E-state index in [1.165, 1.54) is 10.8 Å². The molecule has 0 aromatic heterocycles. The second kappa shape index (κ2) is 7.97. The molecule has 1 amide bonds. The molecule has 0 saturated carbocycles. The number of carbonyl (C=O) groups excluding carboxylic acids is 1. The molecule has 0 spiro atoms. The van der Waals surface area contributed by atoms with Crippen molar-refractivity contribution in [1.29, 1.82) is 0 Å². The lowest BCUT2D eigenvalue weighted by molar-refractivity contribution is -0.120. The smallest absolute Gasteiger partial charge is 0.224 e. The number of nitrogens with one attached hydrogen (secondary N) is 2. The standard InChI is InChI=1S/C20H19BrN2O/c21-17-10-8-15(9-11-17)14-20(24)23-13-12-22-19-7-3-5-16-4-1-2-6-18(16)19/h1-11,22H,12-14H2,(H,23,24). The van der Waals surface area contributed by atoms with Gasteiger partial charge >= 0.3 is 0 Å². The van der Waals surface area contributed by atoms with Gasteiger partial charge in [0.1, 0.15) is 0 Å². The number of hydrogen-bond acceptors (Lipinski definition) is 2. The molecule has 0 aliphatic rings. The summed E-state index contributed by atoms with van der Waals surface area (Å²) in [4.78, 5) is 12.0. The first kappa shape index (κ1) is 16.5. The van der Waals surface area contributed by atoms with Crippen molar-refractivity contribution in [2.75, 3.05) is 18.4 Å². The second-order valence-electron chi connectivity index (χ2n) is 5.61. The van der Waals surface area contributed by atoms with Gasteiger partial charge in [0, 0.05) is 28.6 Å². The summed E-state index contributed by atoms with van der Waals surface area (Å²) in [6.07, 6.45) is 0.404. The highest BCUT2D eigenvalue weighted by Crippen LogP contribution is 2.22. The summed E-state index contributed by atoms with van der Waals surface area (Å²) in [5.74, 6) is 0.0389. The average molecular weight is 383 g/mol. The Morgan fingerprint density at radius 3 is 2.46 bits per heavy atom. The molecule has 3 nitrogen and oxygen atoms in total. The van der Waals surface area contributed by atoms with Crippen LogP contribution in [0.4, 0.5) is 5.69 Å². The molecular formula is C20H19BrN2O. The number of hydrogen-bond donors (Lipinski definition) is 2. The van der Waals surface area contributed by atoms with Gasteiger partial charge in [0.2, 0.25) is 5.91 Å². The van der Waals surface area contributed by atoms with Gasteiger partial charge in [-0.25, -0.2) is 0 Å². The van der Waals surface area contributed by atoms with Gasteiger partial charge in [-0.05, 0) is 29.1 Å². The Balaban J connectivity index is 1.48. The number of rotatable bonds is 6. The molecule has 0 saturated heterocycles. The Morgan fingerprint density at radius 2 is 1.62 bits per heavy atom. The number of fused-ring (bicyclic) bond motifs is 1. The van der Waals surface area contributed by atoms with Crippen LogP contribution in [0.15, 0.2) is 71.2 Å². The van der Waals surface area contributed by atoms with Crippen LogP contribution in [0.1, 0.15) is 5.56 Å². The SMILES string of the molecule is O=C(Cc1ccc(Br)cc1)NCCNc1cccc2ccccc12. The Hall–Kier alpha value is -2.33. The first-order chi connectivity index (χ1) is 11.7. The molecule has 0 bridgehead atoms. The molecule has 0 unspecified atom stereocenters. The molecule has 24 heavy (non-hydrogen) atoms. The molecular weight excluding hydrogens is 364 g/mol. The van der Waals surface area contributed by atoms with Gasteiger partial charge < -0.3 is 10.6 Å². The van der Waals surface area contributed by atoms with Gasteiger partial charge in [0.25, 0.3) is 0 Å². The van der Waals surface area contributed by atoms with E-state index in [4.69, 9.17) is 0 Å². The van der Waals surface area contributed by atoms with Crippen molar-refractivity contribution in [2.45, 2.75) is 6.42 Å². The first-order valence-electron chi connectivity index (χ1n) is 7.95. The predicted octanol–water partition coefficient (Wildman–Crippen LogP) is 4.37. The van der Waals surface area contributed by atoms with Crippen LogP contribution in [-0.2, 0) is 11.2 Å². The Kier molecular flexibility index (Phi) is 5.49. The molecule has 0 fully saturated rings. The van der Waals surface area contributed by atoms with E-state index in [-0.39, 0.29) is 5.91 Å². The summed E-state index contributed by atoms with van der Waals surface area (Å²) in [5.41, 5.74) is 2.10. The summed E-state index contributed by atoms with van der Waals surface area (Å²) in [6.45, 7) is 1.29. The fourth-order valence-corrected chi connectivity index (χ4v) is 2.89. The highest BCUT2D eigenvalue weighted by atomic mass is 79.9. The monoisotopic (exact) mass is 382 g/mol. The van der Waals surface area contributed by atoms with Crippen LogP contribution in [0.2, 0.25) is 0 Å². The summed E-state index contributed by atoms with van der Waals surface area (Å²) in [6, 6.07) is 22.3. The Morgan fingerprint density at radius 1 is 0.875 bits per heavy atom. The molecule has 0 heterocycles. The van der Waals surface area contributed by atoms with E-state index in [2.05, 4.69) is 50.8 Å². The van der Waals surface area contributed by atoms with Gasteiger partial charge in [-0.15, -0.1) is 0 Å². The fraction of sp³-hybridized carbons (Fsp3) is 0.150. The molecule has 3 rings (SSSR count). The predicted molar refractivity (Wildman–Crippen MR) is 103 cm³/mol. The molecule has 3 aromatic rings. The van der Waals surface area contributed by atoms with Crippen LogP contribution < -0.4 is 10.6 Å². The van der Waals surface area contributed by atoms with Crippen molar-refractivity contribution in [1.82, 2.24) is 5.32 Å². The number of anilines is 1. The van der Waals surface area contributed by atoms with Gasteiger partial charge in [0.15, 0.2) is 0 Å². The molecule has 2 N–H and O–H groups in total. The van der Waals surface area contributed by atoms with E-state index in [9.17, 15) is 4.79 Å². The lowest BCUT2D eigenvalue weighted by Crippen LogP contribution is -2.30. The van der Waals surface area contributed by atoms with Crippen molar-refractivity contribution < 1.29 is 4.79 Å². The van der Waals surface area contributed by atoms with Crippen molar-refractivity contribution in [3.8, 4) is 0 Å². The molecule has 0 aliphatic heterocycles. The maximum absolute atomic E-state index is 12.0. The van der Waals surface area contributed by atoms with Gasteiger partial charge in [-0.2, -0.15) is 0 Å². The maximum Gasteiger partial charge on any atom is 0.224 e. The highest BCUT2D eigenvalue weighted by molar-refractivity contribution is 9.10. The Labute approximate surface area is 150 Å². The zero-order chi connectivity index (χ0) is 16.8. The van der Waals surface area contributed by atoms with E-state index in [0.717, 1.165) is 15.7 Å². The lowest BCUT2D eigenvalue weighted by atomic mass is 10.1. The number of halogens is 1. The van der Waals surface area contributed by atoms with Crippen LogP contribution >= 0.6 is 15.9 Å². The molecule has 4 heteroatoms. The van der Waals surface area contributed by atoms with Crippen LogP contribution in [0.25, 0.3) is 10.8 Å². The lowest BCUT2D eigenvalue weighted by Gasteiger charge is -2.10. The summed E-state index contributed by atoms with van der Waals surface area (Å²) in [7, 11) is 0. The van der Waals surface area contributed by atoms with Crippen molar-refractivity contribution >= 4 is 38.3 Å². The third-order valence-corrected chi connectivity index (χ3v) is 4.36. The molecule has 0 radical (unpaired) electrons. The first-order valence-corrected chi connectivity index (χ1v) is 8.74. The summed E-state index contributed by atoms with van der Waals surface area (Å²) < 4.78 is 1.02. The normalized spacial score (nSPS) is 10.5. The minimum atomic E-state index is 0.0389. The number of amides is 1. The van der Waals surface area contributed by atoms with E-state index >= 15 is 0 Å². The summed E-state index contributed by atoms with van der Waals surface area (Å²) in [5, 5.41) is 8.75. The number of benzene rings is 3. The highest BCUT2D eigenvalue weighted by Gasteiger charge is 2.03. The second-order valence-corrected chi connectivity index (χ2v) is 6.52. The maximum atomic E-state index is 12.0.